The standard InChI is InChI=1S/C25H26N2OS/c1-17-9-8-11-19(15-17)27-23(28)21-22(26-24(27)29)20-12-5-4-10-18(20)16-25(21)13-6-2-3-7-14-25/h4-5,8-12,15H,2-3,6-7,13-14,16H2,1H3,(H,26,29). The second-order valence-electron chi connectivity index (χ2n) is 8.69. The molecule has 2 aromatic carbocycles. The van der Waals surface area contributed by atoms with Crippen LogP contribution in [0.2, 0.25) is 0 Å². The molecule has 0 bridgehead atoms. The van der Waals surface area contributed by atoms with Gasteiger partial charge in [-0.3, -0.25) is 9.36 Å². The zero-order valence-corrected chi connectivity index (χ0v) is 17.6. The molecule has 0 unspecified atom stereocenters. The fraction of sp³-hybridized carbons (Fsp3) is 0.360. The fourth-order valence-corrected chi connectivity index (χ4v) is 5.73. The number of H-pyrrole nitrogens is 1. The van der Waals surface area contributed by atoms with Crippen molar-refractivity contribution in [3.05, 3.63) is 80.3 Å². The third-order valence-electron chi connectivity index (χ3n) is 6.77. The molecule has 1 saturated carbocycles. The summed E-state index contributed by atoms with van der Waals surface area (Å²) in [5, 5.41) is 0. The molecule has 5 rings (SSSR count). The summed E-state index contributed by atoms with van der Waals surface area (Å²) < 4.78 is 2.18. The number of rotatable bonds is 1. The van der Waals surface area contributed by atoms with Crippen LogP contribution in [0.5, 0.6) is 0 Å². The van der Waals surface area contributed by atoms with Gasteiger partial charge in [0.2, 0.25) is 0 Å². The predicted molar refractivity (Wildman–Crippen MR) is 120 cm³/mol. The van der Waals surface area contributed by atoms with Crippen molar-refractivity contribution in [2.75, 3.05) is 0 Å². The molecule has 4 heteroatoms. The van der Waals surface area contributed by atoms with Crippen LogP contribution in [0.25, 0.3) is 16.9 Å². The van der Waals surface area contributed by atoms with Gasteiger partial charge in [-0.05, 0) is 61.7 Å². The SMILES string of the molecule is Cc1cccc(-n2c(=S)[nH]c3c(c2=O)C2(CCCCCC2)Cc2ccccc2-3)c1. The van der Waals surface area contributed by atoms with Crippen LogP contribution in [0.4, 0.5) is 0 Å². The maximum Gasteiger partial charge on any atom is 0.263 e. The first kappa shape index (κ1) is 18.6. The summed E-state index contributed by atoms with van der Waals surface area (Å²) in [5.74, 6) is 0. The lowest BCUT2D eigenvalue weighted by molar-refractivity contribution is 0.358. The Labute approximate surface area is 176 Å². The molecule has 1 N–H and O–H groups in total. The van der Waals surface area contributed by atoms with E-state index in [1.54, 1.807) is 4.57 Å². The average Bonchev–Trinajstić information content (AvgIpc) is 2.93. The second kappa shape index (κ2) is 7.10. The third kappa shape index (κ3) is 3.01. The molecule has 2 aliphatic rings. The van der Waals surface area contributed by atoms with Crippen LogP contribution < -0.4 is 5.56 Å². The Morgan fingerprint density at radius 2 is 1.76 bits per heavy atom. The van der Waals surface area contributed by atoms with E-state index in [4.69, 9.17) is 12.2 Å². The number of hydrogen-bond acceptors (Lipinski definition) is 2. The molecule has 29 heavy (non-hydrogen) atoms. The average molecular weight is 403 g/mol. The van der Waals surface area contributed by atoms with Crippen LogP contribution in [0.1, 0.15) is 55.2 Å². The van der Waals surface area contributed by atoms with Gasteiger partial charge < -0.3 is 4.98 Å². The zero-order chi connectivity index (χ0) is 20.0. The summed E-state index contributed by atoms with van der Waals surface area (Å²) >= 11 is 5.70. The summed E-state index contributed by atoms with van der Waals surface area (Å²) in [6.07, 6.45) is 7.97. The Kier molecular flexibility index (Phi) is 4.54. The summed E-state index contributed by atoms with van der Waals surface area (Å²) in [7, 11) is 0. The van der Waals surface area contributed by atoms with E-state index in [0.717, 1.165) is 47.3 Å². The van der Waals surface area contributed by atoms with Crippen molar-refractivity contribution < 1.29 is 0 Å². The van der Waals surface area contributed by atoms with Crippen LogP contribution in [0.3, 0.4) is 0 Å². The summed E-state index contributed by atoms with van der Waals surface area (Å²) in [6.45, 7) is 2.04. The van der Waals surface area contributed by atoms with Crippen molar-refractivity contribution in [3.63, 3.8) is 0 Å². The van der Waals surface area contributed by atoms with E-state index in [1.165, 1.54) is 31.2 Å². The molecular weight excluding hydrogens is 376 g/mol. The van der Waals surface area contributed by atoms with Gasteiger partial charge in [-0.1, -0.05) is 62.1 Å². The molecule has 2 aliphatic carbocycles. The Balaban J connectivity index is 1.84. The highest BCUT2D eigenvalue weighted by atomic mass is 32.1. The van der Waals surface area contributed by atoms with Gasteiger partial charge in [0.15, 0.2) is 4.77 Å². The van der Waals surface area contributed by atoms with Gasteiger partial charge in [-0.2, -0.15) is 0 Å². The number of fused-ring (bicyclic) bond motifs is 4. The Hall–Kier alpha value is -2.46. The topological polar surface area (TPSA) is 37.8 Å². The molecule has 0 atom stereocenters. The van der Waals surface area contributed by atoms with Gasteiger partial charge in [-0.25, -0.2) is 0 Å². The van der Waals surface area contributed by atoms with Gasteiger partial charge in [0.25, 0.3) is 5.56 Å². The highest BCUT2D eigenvalue weighted by Crippen LogP contribution is 2.47. The zero-order valence-electron chi connectivity index (χ0n) is 16.8. The molecule has 3 aromatic rings. The van der Waals surface area contributed by atoms with Crippen LogP contribution >= 0.6 is 12.2 Å². The van der Waals surface area contributed by atoms with Crippen molar-refractivity contribution in [2.45, 2.75) is 57.3 Å². The molecule has 1 heterocycles. The Morgan fingerprint density at radius 3 is 2.52 bits per heavy atom. The lowest BCUT2D eigenvalue weighted by Gasteiger charge is -2.39. The van der Waals surface area contributed by atoms with Crippen LogP contribution in [0.15, 0.2) is 53.3 Å². The Bertz CT molecular complexity index is 1200. The minimum absolute atomic E-state index is 0.0609. The molecule has 0 radical (unpaired) electrons. The van der Waals surface area contributed by atoms with E-state index in [1.807, 2.05) is 31.2 Å². The number of aromatic nitrogens is 2. The number of benzene rings is 2. The summed E-state index contributed by atoms with van der Waals surface area (Å²) in [4.78, 5) is 17.5. The first-order valence-electron chi connectivity index (χ1n) is 10.6. The van der Waals surface area contributed by atoms with E-state index in [-0.39, 0.29) is 11.0 Å². The largest absolute Gasteiger partial charge is 0.331 e. The van der Waals surface area contributed by atoms with E-state index < -0.39 is 0 Å². The van der Waals surface area contributed by atoms with Gasteiger partial charge >= 0.3 is 0 Å². The lowest BCUT2D eigenvalue weighted by Crippen LogP contribution is -2.41. The van der Waals surface area contributed by atoms with Gasteiger partial charge in [-0.15, -0.1) is 0 Å². The quantitative estimate of drug-likeness (QED) is 0.506. The summed E-state index contributed by atoms with van der Waals surface area (Å²) in [6, 6.07) is 16.5. The van der Waals surface area contributed by atoms with Gasteiger partial charge in [0, 0.05) is 16.5 Å². The number of aryl methyl sites for hydroxylation is 1. The van der Waals surface area contributed by atoms with Crippen LogP contribution in [0, 0.1) is 11.7 Å². The minimum atomic E-state index is -0.0949. The maximum atomic E-state index is 14.0. The van der Waals surface area contributed by atoms with E-state index in [9.17, 15) is 4.79 Å². The number of nitrogens with zero attached hydrogens (tertiary/aromatic N) is 1. The van der Waals surface area contributed by atoms with Crippen LogP contribution in [-0.4, -0.2) is 9.55 Å². The number of nitrogens with one attached hydrogen (secondary N) is 1. The molecular formula is C25H26N2OS. The smallest absolute Gasteiger partial charge is 0.263 e. The first-order valence-corrected chi connectivity index (χ1v) is 11.1. The highest BCUT2D eigenvalue weighted by Gasteiger charge is 2.42. The first-order chi connectivity index (χ1) is 14.1. The number of aromatic amines is 1. The lowest BCUT2D eigenvalue weighted by atomic mass is 9.65. The molecule has 148 valence electrons. The minimum Gasteiger partial charge on any atom is -0.331 e. The molecule has 3 nitrogen and oxygen atoms in total. The van der Waals surface area contributed by atoms with Crippen molar-refractivity contribution in [3.8, 4) is 16.9 Å². The van der Waals surface area contributed by atoms with Gasteiger partial charge in [0.1, 0.15) is 0 Å². The van der Waals surface area contributed by atoms with Crippen molar-refractivity contribution >= 4 is 12.2 Å². The molecule has 0 amide bonds. The molecule has 1 spiro atoms. The van der Waals surface area contributed by atoms with E-state index in [0.29, 0.717) is 4.77 Å². The van der Waals surface area contributed by atoms with Crippen molar-refractivity contribution in [1.82, 2.24) is 9.55 Å². The number of hydrogen-bond donors (Lipinski definition) is 1. The maximum absolute atomic E-state index is 14.0. The van der Waals surface area contributed by atoms with Gasteiger partial charge in [0.05, 0.1) is 11.4 Å². The predicted octanol–water partition coefficient (Wildman–Crippen LogP) is 6.02. The third-order valence-corrected chi connectivity index (χ3v) is 7.05. The summed E-state index contributed by atoms with van der Waals surface area (Å²) in [5.41, 5.74) is 6.31. The molecule has 0 aliphatic heterocycles. The highest BCUT2D eigenvalue weighted by molar-refractivity contribution is 7.71. The fourth-order valence-electron chi connectivity index (χ4n) is 5.44. The van der Waals surface area contributed by atoms with Crippen molar-refractivity contribution in [2.24, 2.45) is 0 Å². The monoisotopic (exact) mass is 402 g/mol. The Morgan fingerprint density at radius 1 is 1.00 bits per heavy atom. The molecule has 0 saturated heterocycles. The van der Waals surface area contributed by atoms with E-state index in [2.05, 4.69) is 29.2 Å². The van der Waals surface area contributed by atoms with Crippen LogP contribution in [-0.2, 0) is 11.8 Å². The molecule has 1 fully saturated rings. The van der Waals surface area contributed by atoms with Crippen molar-refractivity contribution in [1.29, 1.82) is 0 Å². The normalized spacial score (nSPS) is 17.4. The molecule has 1 aromatic heterocycles. The van der Waals surface area contributed by atoms with E-state index >= 15 is 0 Å². The second-order valence-corrected chi connectivity index (χ2v) is 9.07.